The van der Waals surface area contributed by atoms with E-state index in [0.29, 0.717) is 0 Å². The van der Waals surface area contributed by atoms with Gasteiger partial charge in [0.05, 0.1) is 14.5 Å². The molecule has 0 spiro atoms. The maximum atomic E-state index is 9.81. The highest BCUT2D eigenvalue weighted by Gasteiger charge is 2.16. The summed E-state index contributed by atoms with van der Waals surface area (Å²) in [5.41, 5.74) is -0.207. The van der Waals surface area contributed by atoms with E-state index in [1.54, 1.807) is 0 Å². The molecule has 0 bridgehead atoms. The second kappa shape index (κ2) is 5.72. The van der Waals surface area contributed by atoms with Crippen LogP contribution < -0.4 is 0 Å². The molecule has 0 heterocycles. The highest BCUT2D eigenvalue weighted by Crippen LogP contribution is 2.05. The number of hydrogen-bond donors (Lipinski definition) is 1. The predicted molar refractivity (Wildman–Crippen MR) is 66.0 cm³/mol. The minimum Gasteiger partial charge on any atom is -0.391 e. The third-order valence-corrected chi connectivity index (χ3v) is 6.31. The Labute approximate surface area is 84.8 Å². The first-order valence-corrected chi connectivity index (χ1v) is 10.9. The summed E-state index contributed by atoms with van der Waals surface area (Å²) in [7, 11) is -2.31. The molecule has 0 aromatic carbocycles. The second-order valence-electron chi connectivity index (χ2n) is 4.52. The molecule has 0 aliphatic carbocycles. The third-order valence-electron chi connectivity index (χ3n) is 2.15. The van der Waals surface area contributed by atoms with Crippen LogP contribution in [0.4, 0.5) is 0 Å². The summed E-state index contributed by atoms with van der Waals surface area (Å²) in [5, 5.41) is 9.81. The number of nitrogens with zero attached hydrogens (tertiary/aromatic N) is 1. The van der Waals surface area contributed by atoms with E-state index in [0.717, 1.165) is 12.1 Å². The Morgan fingerprint density at radius 1 is 1.31 bits per heavy atom. The lowest BCUT2D eigenvalue weighted by molar-refractivity contribution is 0.315. The van der Waals surface area contributed by atoms with Crippen molar-refractivity contribution in [2.75, 3.05) is 0 Å². The van der Waals surface area contributed by atoms with E-state index in [1.807, 2.05) is 6.21 Å². The van der Waals surface area contributed by atoms with E-state index >= 15 is 0 Å². The quantitative estimate of drug-likeness (QED) is 0.555. The van der Waals surface area contributed by atoms with Gasteiger partial charge in [-0.15, -0.1) is 0 Å². The Bertz CT molecular complexity index is 161. The Morgan fingerprint density at radius 2 is 1.77 bits per heavy atom. The maximum Gasteiger partial charge on any atom is 0.171 e. The highest BCUT2D eigenvalue weighted by molar-refractivity contribution is 6.75. The molecule has 0 radical (unpaired) electrons. The average molecular weight is 217 g/mol. The molecule has 0 aromatic heterocycles. The SMILES string of the molecule is CC[SiH](CC)C(O)C=N[Si](C)(C)C. The van der Waals surface area contributed by atoms with Gasteiger partial charge >= 0.3 is 0 Å². The van der Waals surface area contributed by atoms with E-state index < -0.39 is 17.0 Å². The summed E-state index contributed by atoms with van der Waals surface area (Å²) in [5.74, 6) is 0. The molecule has 0 aliphatic rings. The summed E-state index contributed by atoms with van der Waals surface area (Å²) in [6.07, 6.45) is 1.82. The Hall–Kier alpha value is 0.0638. The fourth-order valence-corrected chi connectivity index (χ4v) is 3.84. The van der Waals surface area contributed by atoms with Crippen molar-refractivity contribution < 1.29 is 5.11 Å². The van der Waals surface area contributed by atoms with Crippen LogP contribution in [0.3, 0.4) is 0 Å². The van der Waals surface area contributed by atoms with Gasteiger partial charge < -0.3 is 9.76 Å². The van der Waals surface area contributed by atoms with E-state index in [1.165, 1.54) is 0 Å². The van der Waals surface area contributed by atoms with Gasteiger partial charge in [-0.3, -0.25) is 0 Å². The van der Waals surface area contributed by atoms with E-state index in [9.17, 15) is 5.11 Å². The van der Waals surface area contributed by atoms with Gasteiger partial charge in [-0.2, -0.15) is 0 Å². The summed E-state index contributed by atoms with van der Waals surface area (Å²) in [6, 6.07) is 2.32. The maximum absolute atomic E-state index is 9.81. The molecule has 0 aliphatic heterocycles. The fourth-order valence-electron chi connectivity index (χ4n) is 1.19. The van der Waals surface area contributed by atoms with Gasteiger partial charge in [0, 0.05) is 6.21 Å². The normalized spacial score (nSPS) is 15.6. The van der Waals surface area contributed by atoms with E-state index in [2.05, 4.69) is 38.1 Å². The first kappa shape index (κ1) is 13.1. The Morgan fingerprint density at radius 3 is 2.08 bits per heavy atom. The summed E-state index contributed by atoms with van der Waals surface area (Å²) >= 11 is 0. The predicted octanol–water partition coefficient (Wildman–Crippen LogP) is 2.06. The molecule has 1 atom stereocenters. The monoisotopic (exact) mass is 217 g/mol. The molecule has 13 heavy (non-hydrogen) atoms. The molecule has 0 saturated heterocycles. The lowest BCUT2D eigenvalue weighted by Gasteiger charge is -2.16. The largest absolute Gasteiger partial charge is 0.391 e. The van der Waals surface area contributed by atoms with Crippen molar-refractivity contribution >= 4 is 23.2 Å². The highest BCUT2D eigenvalue weighted by atomic mass is 28.3. The molecular formula is C9H23NOSi2. The molecule has 0 fully saturated rings. The summed E-state index contributed by atoms with van der Waals surface area (Å²) < 4.78 is 4.47. The Balaban J connectivity index is 4.12. The van der Waals surface area contributed by atoms with Crippen molar-refractivity contribution in [2.24, 2.45) is 4.66 Å². The van der Waals surface area contributed by atoms with Crippen LogP contribution in [-0.2, 0) is 0 Å². The fraction of sp³-hybridized carbons (Fsp3) is 0.889. The van der Waals surface area contributed by atoms with Crippen molar-refractivity contribution in [3.8, 4) is 0 Å². The van der Waals surface area contributed by atoms with Gasteiger partial charge in [-0.25, -0.2) is 0 Å². The van der Waals surface area contributed by atoms with Gasteiger partial charge in [0.1, 0.15) is 0 Å². The minimum atomic E-state index is -1.36. The van der Waals surface area contributed by atoms with Crippen LogP contribution in [0.25, 0.3) is 0 Å². The van der Waals surface area contributed by atoms with Crippen LogP contribution in [0.2, 0.25) is 31.7 Å². The standard InChI is InChI=1S/C9H23NOSi2/c1-6-12(7-2)9(11)8-10-13(3,4)5/h8-9,11-12H,6-7H2,1-5H3. The van der Waals surface area contributed by atoms with Crippen LogP contribution in [0.1, 0.15) is 13.8 Å². The molecule has 0 aromatic rings. The summed E-state index contributed by atoms with van der Waals surface area (Å²) in [6.45, 7) is 10.9. The van der Waals surface area contributed by atoms with Crippen molar-refractivity contribution in [1.82, 2.24) is 0 Å². The zero-order valence-electron chi connectivity index (χ0n) is 9.54. The average Bonchev–Trinajstić information content (AvgIpc) is 2.02. The Kier molecular flexibility index (Phi) is 5.75. The van der Waals surface area contributed by atoms with Gasteiger partial charge in [0.2, 0.25) is 0 Å². The molecule has 1 unspecified atom stereocenters. The van der Waals surface area contributed by atoms with Crippen LogP contribution in [0.5, 0.6) is 0 Å². The van der Waals surface area contributed by atoms with Gasteiger partial charge in [0.25, 0.3) is 0 Å². The third kappa shape index (κ3) is 6.18. The number of rotatable bonds is 5. The minimum absolute atomic E-state index is 0.207. The first-order valence-electron chi connectivity index (χ1n) is 5.14. The first-order chi connectivity index (χ1) is 5.90. The lowest BCUT2D eigenvalue weighted by atomic mass is 10.8. The number of hydrogen-bond acceptors (Lipinski definition) is 2. The molecule has 0 saturated carbocycles. The van der Waals surface area contributed by atoms with Gasteiger partial charge in [-0.1, -0.05) is 25.9 Å². The number of aliphatic hydroxyl groups excluding tert-OH is 1. The topological polar surface area (TPSA) is 32.6 Å². The second-order valence-corrected chi connectivity index (χ2v) is 13.0. The van der Waals surface area contributed by atoms with Crippen LogP contribution in [0.15, 0.2) is 4.66 Å². The molecule has 4 heteroatoms. The lowest BCUT2D eigenvalue weighted by Crippen LogP contribution is -2.32. The zero-order chi connectivity index (χ0) is 10.5. The molecular weight excluding hydrogens is 194 g/mol. The number of aliphatic hydroxyl groups is 1. The molecule has 0 rings (SSSR count). The van der Waals surface area contributed by atoms with E-state index in [4.69, 9.17) is 0 Å². The smallest absolute Gasteiger partial charge is 0.171 e. The van der Waals surface area contributed by atoms with E-state index in [-0.39, 0.29) is 5.73 Å². The van der Waals surface area contributed by atoms with Crippen LogP contribution in [-0.4, -0.2) is 34.1 Å². The molecule has 0 amide bonds. The van der Waals surface area contributed by atoms with Crippen LogP contribution in [0, 0.1) is 0 Å². The van der Waals surface area contributed by atoms with Crippen molar-refractivity contribution in [2.45, 2.75) is 51.3 Å². The van der Waals surface area contributed by atoms with Gasteiger partial charge in [0.15, 0.2) is 8.24 Å². The molecule has 2 nitrogen and oxygen atoms in total. The summed E-state index contributed by atoms with van der Waals surface area (Å²) in [4.78, 5) is 0. The van der Waals surface area contributed by atoms with Gasteiger partial charge in [-0.05, 0) is 19.6 Å². The zero-order valence-corrected chi connectivity index (χ0v) is 11.7. The van der Waals surface area contributed by atoms with Crippen molar-refractivity contribution in [3.05, 3.63) is 0 Å². The van der Waals surface area contributed by atoms with Crippen LogP contribution >= 0.6 is 0 Å². The van der Waals surface area contributed by atoms with Crippen molar-refractivity contribution in [3.63, 3.8) is 0 Å². The van der Waals surface area contributed by atoms with Crippen molar-refractivity contribution in [1.29, 1.82) is 0 Å². The molecule has 78 valence electrons. The molecule has 1 N–H and O–H groups in total.